The zero-order chi connectivity index (χ0) is 16.5. The minimum atomic E-state index is 0.0244. The molecule has 1 atom stereocenters. The van der Waals surface area contributed by atoms with Crippen LogP contribution >= 0.6 is 0 Å². The van der Waals surface area contributed by atoms with Crippen LogP contribution < -0.4 is 15.1 Å². The van der Waals surface area contributed by atoms with Gasteiger partial charge in [0.1, 0.15) is 26.2 Å². The summed E-state index contributed by atoms with van der Waals surface area (Å²) in [6.07, 6.45) is 6.18. The van der Waals surface area contributed by atoms with Crippen LogP contribution in [0.25, 0.3) is 6.08 Å². The number of hydrogen-bond donors (Lipinski definition) is 3. The molecule has 1 heterocycles. The number of hydrogen-bond acceptors (Lipinski definition) is 1. The van der Waals surface area contributed by atoms with Gasteiger partial charge in [-0.2, -0.15) is 0 Å². The molecule has 124 valence electrons. The van der Waals surface area contributed by atoms with E-state index in [9.17, 15) is 4.79 Å². The van der Waals surface area contributed by atoms with Crippen molar-refractivity contribution in [2.24, 2.45) is 0 Å². The topological polar surface area (TPSA) is 38.0 Å². The number of rotatable bonds is 7. The van der Waals surface area contributed by atoms with Crippen LogP contribution in [0.15, 0.2) is 49.1 Å². The Morgan fingerprint density at radius 2 is 1.96 bits per heavy atom. The Bertz CT molecular complexity index is 519. The second-order valence-corrected chi connectivity index (χ2v) is 6.18. The van der Waals surface area contributed by atoms with Gasteiger partial charge in [0.15, 0.2) is 6.04 Å². The molecular formula is C19H29N3O+2. The summed E-state index contributed by atoms with van der Waals surface area (Å²) in [5.74, 6) is 0.132. The van der Waals surface area contributed by atoms with Gasteiger partial charge in [-0.1, -0.05) is 42.5 Å². The predicted octanol–water partition coefficient (Wildman–Crippen LogP) is -0.826. The molecule has 2 rings (SSSR count). The van der Waals surface area contributed by atoms with E-state index in [4.69, 9.17) is 0 Å². The Balaban J connectivity index is 1.72. The molecule has 4 nitrogen and oxygen atoms in total. The first kappa shape index (κ1) is 17.4. The third kappa shape index (κ3) is 5.66. The lowest BCUT2D eigenvalue weighted by Crippen LogP contribution is -3.30. The van der Waals surface area contributed by atoms with Gasteiger partial charge in [-0.25, -0.2) is 0 Å². The van der Waals surface area contributed by atoms with Crippen LogP contribution in [0.4, 0.5) is 0 Å². The van der Waals surface area contributed by atoms with Crippen molar-refractivity contribution >= 4 is 12.0 Å². The Kier molecular flexibility index (Phi) is 7.04. The van der Waals surface area contributed by atoms with Crippen molar-refractivity contribution in [1.29, 1.82) is 0 Å². The van der Waals surface area contributed by atoms with E-state index in [-0.39, 0.29) is 11.9 Å². The lowest BCUT2D eigenvalue weighted by atomic mass is 10.2. The van der Waals surface area contributed by atoms with Gasteiger partial charge in [0.25, 0.3) is 5.91 Å². The van der Waals surface area contributed by atoms with Crippen LogP contribution in [-0.4, -0.2) is 51.2 Å². The van der Waals surface area contributed by atoms with Gasteiger partial charge in [-0.15, -0.1) is 6.58 Å². The van der Waals surface area contributed by atoms with Crippen LogP contribution in [-0.2, 0) is 4.79 Å². The van der Waals surface area contributed by atoms with E-state index in [1.165, 1.54) is 10.5 Å². The number of carbonyl (C=O) groups excluding carboxylic acids is 1. The highest BCUT2D eigenvalue weighted by Gasteiger charge is 2.30. The van der Waals surface area contributed by atoms with Crippen LogP contribution in [0.3, 0.4) is 0 Å². The van der Waals surface area contributed by atoms with Crippen LogP contribution in [0.2, 0.25) is 0 Å². The zero-order valence-corrected chi connectivity index (χ0v) is 14.1. The molecule has 0 bridgehead atoms. The van der Waals surface area contributed by atoms with Crippen LogP contribution in [0.5, 0.6) is 0 Å². The normalized spacial score (nSPS) is 22.7. The smallest absolute Gasteiger partial charge is 0.278 e. The molecule has 1 aromatic rings. The average Bonchev–Trinajstić information content (AvgIpc) is 2.60. The van der Waals surface area contributed by atoms with Crippen molar-refractivity contribution in [1.82, 2.24) is 5.32 Å². The summed E-state index contributed by atoms with van der Waals surface area (Å²) < 4.78 is 0. The molecular weight excluding hydrogens is 286 g/mol. The number of piperazine rings is 1. The standard InChI is InChI=1S/C19H27N3O/c1-3-11-20-19(23)17(2)22-15-13-21(14-16-22)12-7-10-18-8-5-4-6-9-18/h3-10,17H,1,11-16H2,2H3,(H,20,23)/p+2/b10-7+/t17-/m1/s1. The number of quaternary nitrogens is 2. The van der Waals surface area contributed by atoms with Gasteiger partial charge in [0, 0.05) is 6.54 Å². The van der Waals surface area contributed by atoms with Crippen molar-refractivity contribution in [3.63, 3.8) is 0 Å². The maximum atomic E-state index is 12.0. The third-order valence-electron chi connectivity index (χ3n) is 4.54. The van der Waals surface area contributed by atoms with E-state index in [0.717, 1.165) is 32.7 Å². The van der Waals surface area contributed by atoms with Gasteiger partial charge < -0.3 is 15.1 Å². The van der Waals surface area contributed by atoms with Crippen molar-refractivity contribution < 1.29 is 14.6 Å². The molecule has 1 aromatic carbocycles. The van der Waals surface area contributed by atoms with Crippen molar-refractivity contribution in [3.8, 4) is 0 Å². The predicted molar refractivity (Wildman–Crippen MR) is 94.4 cm³/mol. The summed E-state index contributed by atoms with van der Waals surface area (Å²) in [5.41, 5.74) is 1.25. The lowest BCUT2D eigenvalue weighted by Gasteiger charge is -2.32. The first-order valence-corrected chi connectivity index (χ1v) is 8.49. The van der Waals surface area contributed by atoms with E-state index in [1.807, 2.05) is 13.0 Å². The second-order valence-electron chi connectivity index (χ2n) is 6.18. The largest absolute Gasteiger partial charge is 0.347 e. The van der Waals surface area contributed by atoms with Crippen LogP contribution in [0.1, 0.15) is 12.5 Å². The molecule has 0 spiro atoms. The fraction of sp³-hybridized carbons (Fsp3) is 0.421. The Morgan fingerprint density at radius 1 is 1.26 bits per heavy atom. The Morgan fingerprint density at radius 3 is 2.61 bits per heavy atom. The monoisotopic (exact) mass is 315 g/mol. The van der Waals surface area contributed by atoms with Gasteiger partial charge in [0.2, 0.25) is 0 Å². The molecule has 1 aliphatic heterocycles. The second kappa shape index (κ2) is 9.28. The minimum absolute atomic E-state index is 0.0244. The molecule has 3 N–H and O–H groups in total. The summed E-state index contributed by atoms with van der Waals surface area (Å²) in [4.78, 5) is 15.0. The number of amides is 1. The third-order valence-corrected chi connectivity index (χ3v) is 4.54. The summed E-state index contributed by atoms with van der Waals surface area (Å²) in [7, 11) is 0. The average molecular weight is 315 g/mol. The SMILES string of the molecule is C=CCNC(=O)[C@@H](C)[NH+]1CC[NH+](C/C=C/c2ccccc2)CC1. The molecule has 23 heavy (non-hydrogen) atoms. The first-order valence-electron chi connectivity index (χ1n) is 8.49. The van der Waals surface area contributed by atoms with Gasteiger partial charge in [0.05, 0.1) is 6.54 Å². The van der Waals surface area contributed by atoms with Crippen molar-refractivity contribution in [2.45, 2.75) is 13.0 Å². The van der Waals surface area contributed by atoms with E-state index < -0.39 is 0 Å². The minimum Gasteiger partial charge on any atom is -0.347 e. The quantitative estimate of drug-likeness (QED) is 0.565. The zero-order valence-electron chi connectivity index (χ0n) is 14.1. The molecule has 0 aromatic heterocycles. The van der Waals surface area contributed by atoms with E-state index in [2.05, 4.69) is 48.3 Å². The first-order chi connectivity index (χ1) is 11.2. The summed E-state index contributed by atoms with van der Waals surface area (Å²) in [6, 6.07) is 10.4. The van der Waals surface area contributed by atoms with Gasteiger partial charge in [-0.05, 0) is 18.6 Å². The van der Waals surface area contributed by atoms with Gasteiger partial charge >= 0.3 is 0 Å². The molecule has 1 amide bonds. The van der Waals surface area contributed by atoms with E-state index in [0.29, 0.717) is 6.54 Å². The summed E-state index contributed by atoms with van der Waals surface area (Å²) in [5, 5.41) is 2.90. The lowest BCUT2D eigenvalue weighted by molar-refractivity contribution is -1.02. The maximum Gasteiger partial charge on any atom is 0.278 e. The fourth-order valence-corrected chi connectivity index (χ4v) is 3.00. The fourth-order valence-electron chi connectivity index (χ4n) is 3.00. The highest BCUT2D eigenvalue weighted by atomic mass is 16.2. The molecule has 1 saturated heterocycles. The maximum absolute atomic E-state index is 12.0. The molecule has 0 aliphatic carbocycles. The molecule has 1 aliphatic rings. The summed E-state index contributed by atoms with van der Waals surface area (Å²) >= 11 is 0. The Hall–Kier alpha value is -1.91. The van der Waals surface area contributed by atoms with Gasteiger partial charge in [-0.3, -0.25) is 4.79 Å². The summed E-state index contributed by atoms with van der Waals surface area (Å²) in [6.45, 7) is 11.6. The van der Waals surface area contributed by atoms with Crippen LogP contribution in [0, 0.1) is 0 Å². The van der Waals surface area contributed by atoms with Crippen molar-refractivity contribution in [3.05, 3.63) is 54.6 Å². The van der Waals surface area contributed by atoms with Crippen molar-refractivity contribution in [2.75, 3.05) is 39.3 Å². The van der Waals surface area contributed by atoms with E-state index >= 15 is 0 Å². The highest BCUT2D eigenvalue weighted by Crippen LogP contribution is 1.99. The Labute approximate surface area is 139 Å². The number of benzene rings is 1. The highest BCUT2D eigenvalue weighted by molar-refractivity contribution is 5.80. The molecule has 0 saturated carbocycles. The molecule has 4 heteroatoms. The number of carbonyl (C=O) groups is 1. The van der Waals surface area contributed by atoms with E-state index in [1.54, 1.807) is 11.0 Å². The molecule has 1 fully saturated rings. The molecule has 0 radical (unpaired) electrons. The number of nitrogens with one attached hydrogen (secondary N) is 3. The molecule has 0 unspecified atom stereocenters.